The second kappa shape index (κ2) is 4.64. The third kappa shape index (κ3) is 2.41. The van der Waals surface area contributed by atoms with Crippen LogP contribution in [0.5, 0.6) is 0 Å². The summed E-state index contributed by atoms with van der Waals surface area (Å²) in [5.74, 6) is 0.654. The van der Waals surface area contributed by atoms with Crippen LogP contribution >= 0.6 is 0 Å². The van der Waals surface area contributed by atoms with Gasteiger partial charge in [0, 0.05) is 20.0 Å². The van der Waals surface area contributed by atoms with Crippen molar-refractivity contribution in [1.29, 1.82) is 0 Å². The van der Waals surface area contributed by atoms with Crippen molar-refractivity contribution in [1.82, 2.24) is 25.3 Å². The van der Waals surface area contributed by atoms with Gasteiger partial charge in [0.05, 0.1) is 6.33 Å². The lowest BCUT2D eigenvalue weighted by atomic mass is 10.4. The first-order valence-electron chi connectivity index (χ1n) is 5.11. The maximum atomic E-state index is 11.1. The van der Waals surface area contributed by atoms with Gasteiger partial charge in [-0.25, -0.2) is 4.98 Å². The molecule has 0 unspecified atom stereocenters. The van der Waals surface area contributed by atoms with E-state index in [-0.39, 0.29) is 11.9 Å². The van der Waals surface area contributed by atoms with Crippen molar-refractivity contribution in [3.8, 4) is 0 Å². The quantitative estimate of drug-likeness (QED) is 0.566. The average molecular weight is 235 g/mol. The topological polar surface area (TPSA) is 122 Å². The minimum atomic E-state index is -0.0413. The molecule has 0 saturated carbocycles. The van der Waals surface area contributed by atoms with Crippen molar-refractivity contribution in [3.05, 3.63) is 6.33 Å². The minimum Gasteiger partial charge on any atom is -0.368 e. The summed E-state index contributed by atoms with van der Waals surface area (Å²) >= 11 is 0. The summed E-state index contributed by atoms with van der Waals surface area (Å²) in [6, 6.07) is 0. The Morgan fingerprint density at radius 3 is 3.12 bits per heavy atom. The fourth-order valence-corrected chi connectivity index (χ4v) is 1.40. The van der Waals surface area contributed by atoms with E-state index >= 15 is 0 Å². The Labute approximate surface area is 97.0 Å². The Kier molecular flexibility index (Phi) is 3.03. The molecule has 0 saturated heterocycles. The number of rotatable bonds is 4. The summed E-state index contributed by atoms with van der Waals surface area (Å²) in [6.45, 7) is 0.463. The first-order valence-corrected chi connectivity index (χ1v) is 5.11. The van der Waals surface area contributed by atoms with Gasteiger partial charge in [-0.1, -0.05) is 0 Å². The fraction of sp³-hybridized carbons (Fsp3) is 0.333. The van der Waals surface area contributed by atoms with Crippen LogP contribution in [0.25, 0.3) is 11.2 Å². The van der Waals surface area contributed by atoms with Gasteiger partial charge in [0.25, 0.3) is 0 Å². The van der Waals surface area contributed by atoms with Gasteiger partial charge in [-0.3, -0.25) is 4.79 Å². The van der Waals surface area contributed by atoms with Crippen LogP contribution in [0.4, 0.5) is 11.8 Å². The number of nitrogens with one attached hydrogen (secondary N) is 3. The van der Waals surface area contributed by atoms with Gasteiger partial charge in [0.15, 0.2) is 11.5 Å². The molecular weight excluding hydrogens is 222 g/mol. The van der Waals surface area contributed by atoms with E-state index in [9.17, 15) is 4.79 Å². The van der Waals surface area contributed by atoms with E-state index in [0.717, 1.165) is 0 Å². The third-order valence-corrected chi connectivity index (χ3v) is 2.23. The van der Waals surface area contributed by atoms with Gasteiger partial charge in [0.1, 0.15) is 5.52 Å². The van der Waals surface area contributed by atoms with Crippen LogP contribution in [0.15, 0.2) is 6.33 Å². The summed E-state index contributed by atoms with van der Waals surface area (Å²) < 4.78 is 0. The van der Waals surface area contributed by atoms with Gasteiger partial charge in [-0.2, -0.15) is 9.97 Å². The zero-order chi connectivity index (χ0) is 12.3. The summed E-state index contributed by atoms with van der Waals surface area (Å²) in [5.41, 5.74) is 6.72. The molecular formula is C9H13N7O. The molecule has 0 spiro atoms. The third-order valence-electron chi connectivity index (χ3n) is 2.23. The Hall–Kier alpha value is -2.38. The molecule has 8 nitrogen and oxygen atoms in total. The Balaban J connectivity index is 2.12. The number of anilines is 2. The van der Waals surface area contributed by atoms with E-state index < -0.39 is 0 Å². The number of nitrogens with zero attached hydrogens (tertiary/aromatic N) is 3. The molecule has 90 valence electrons. The Morgan fingerprint density at radius 2 is 2.35 bits per heavy atom. The molecule has 2 aromatic rings. The molecule has 2 rings (SSSR count). The molecule has 0 atom stereocenters. The Morgan fingerprint density at radius 1 is 1.53 bits per heavy atom. The first kappa shape index (κ1) is 11.1. The molecule has 2 heterocycles. The number of imidazole rings is 1. The zero-order valence-electron chi connectivity index (χ0n) is 9.32. The van der Waals surface area contributed by atoms with Crippen molar-refractivity contribution < 1.29 is 4.79 Å². The van der Waals surface area contributed by atoms with E-state index in [2.05, 4.69) is 30.6 Å². The smallest absolute Gasteiger partial charge is 0.224 e. The van der Waals surface area contributed by atoms with Gasteiger partial charge < -0.3 is 21.4 Å². The predicted octanol–water partition coefficient (Wildman–Crippen LogP) is -0.517. The van der Waals surface area contributed by atoms with Crippen molar-refractivity contribution >= 4 is 28.8 Å². The lowest BCUT2D eigenvalue weighted by Crippen LogP contribution is -2.21. The highest BCUT2D eigenvalue weighted by molar-refractivity contribution is 5.83. The van der Waals surface area contributed by atoms with E-state index in [4.69, 9.17) is 5.73 Å². The van der Waals surface area contributed by atoms with Crippen LogP contribution in [-0.2, 0) is 4.79 Å². The molecule has 0 aromatic carbocycles. The van der Waals surface area contributed by atoms with E-state index in [1.807, 2.05) is 0 Å². The summed E-state index contributed by atoms with van der Waals surface area (Å²) in [4.78, 5) is 26.0. The number of nitrogen functional groups attached to an aromatic ring is 1. The summed E-state index contributed by atoms with van der Waals surface area (Å²) in [7, 11) is 1.60. The normalized spacial score (nSPS) is 10.4. The second-order valence-electron chi connectivity index (χ2n) is 3.38. The number of carbonyl (C=O) groups excluding carboxylic acids is 1. The molecule has 5 N–H and O–H groups in total. The van der Waals surface area contributed by atoms with Crippen molar-refractivity contribution in [2.45, 2.75) is 6.42 Å². The fourth-order valence-electron chi connectivity index (χ4n) is 1.40. The Bertz CT molecular complexity index is 535. The largest absolute Gasteiger partial charge is 0.368 e. The molecule has 2 aromatic heterocycles. The summed E-state index contributed by atoms with van der Waals surface area (Å²) in [6.07, 6.45) is 1.87. The highest BCUT2D eigenvalue weighted by Crippen LogP contribution is 2.16. The molecule has 0 radical (unpaired) electrons. The highest BCUT2D eigenvalue weighted by atomic mass is 16.1. The summed E-state index contributed by atoms with van der Waals surface area (Å²) in [5, 5.41) is 5.55. The van der Waals surface area contributed by atoms with Crippen molar-refractivity contribution in [3.63, 3.8) is 0 Å². The number of fused-ring (bicyclic) bond motifs is 1. The number of nitrogens with two attached hydrogens (primary N) is 1. The highest BCUT2D eigenvalue weighted by Gasteiger charge is 2.08. The lowest BCUT2D eigenvalue weighted by molar-refractivity contribution is -0.120. The van der Waals surface area contributed by atoms with Crippen molar-refractivity contribution in [2.24, 2.45) is 0 Å². The number of carbonyl (C=O) groups is 1. The van der Waals surface area contributed by atoms with Crippen LogP contribution < -0.4 is 16.4 Å². The van der Waals surface area contributed by atoms with Gasteiger partial charge >= 0.3 is 0 Å². The standard InChI is InChI=1S/C9H13N7O/c1-11-5(17)2-3-12-7-6-8(14-4-13-6)16-9(10)15-7/h4H,2-3H2,1H3,(H,11,17)(H4,10,12,13,14,15,16). The minimum absolute atomic E-state index is 0.0413. The number of amides is 1. The molecule has 0 aliphatic heterocycles. The SMILES string of the molecule is CNC(=O)CCNc1nc(N)nc2nc[nH]c12. The molecule has 0 bridgehead atoms. The number of H-pyrrole nitrogens is 1. The molecule has 8 heteroatoms. The van der Waals surface area contributed by atoms with E-state index in [1.165, 1.54) is 6.33 Å². The van der Waals surface area contributed by atoms with Crippen LogP contribution in [-0.4, -0.2) is 39.4 Å². The first-order chi connectivity index (χ1) is 8.20. The predicted molar refractivity (Wildman–Crippen MR) is 63.3 cm³/mol. The number of aromatic amines is 1. The maximum Gasteiger partial charge on any atom is 0.224 e. The van der Waals surface area contributed by atoms with Gasteiger partial charge in [0.2, 0.25) is 11.9 Å². The number of hydrogen-bond donors (Lipinski definition) is 4. The van der Waals surface area contributed by atoms with Crippen LogP contribution in [0.3, 0.4) is 0 Å². The lowest BCUT2D eigenvalue weighted by Gasteiger charge is -2.06. The monoisotopic (exact) mass is 235 g/mol. The van der Waals surface area contributed by atoms with E-state index in [1.54, 1.807) is 7.05 Å². The molecule has 0 aliphatic rings. The van der Waals surface area contributed by atoms with E-state index in [0.29, 0.717) is 29.9 Å². The van der Waals surface area contributed by atoms with Crippen LogP contribution in [0.2, 0.25) is 0 Å². The molecule has 17 heavy (non-hydrogen) atoms. The van der Waals surface area contributed by atoms with Crippen LogP contribution in [0.1, 0.15) is 6.42 Å². The second-order valence-corrected chi connectivity index (χ2v) is 3.38. The average Bonchev–Trinajstić information content (AvgIpc) is 2.76. The molecule has 1 amide bonds. The van der Waals surface area contributed by atoms with Crippen LogP contribution in [0, 0.1) is 0 Å². The van der Waals surface area contributed by atoms with Gasteiger partial charge in [-0.15, -0.1) is 0 Å². The molecule has 0 fully saturated rings. The number of hydrogen-bond acceptors (Lipinski definition) is 6. The van der Waals surface area contributed by atoms with Gasteiger partial charge in [-0.05, 0) is 0 Å². The maximum absolute atomic E-state index is 11.1. The van der Waals surface area contributed by atoms with Crippen molar-refractivity contribution in [2.75, 3.05) is 24.6 Å². The molecule has 0 aliphatic carbocycles. The zero-order valence-corrected chi connectivity index (χ0v) is 9.32. The number of aromatic nitrogens is 4.